The predicted molar refractivity (Wildman–Crippen MR) is 101 cm³/mol. The van der Waals surface area contributed by atoms with Crippen molar-refractivity contribution in [1.29, 1.82) is 0 Å². The van der Waals surface area contributed by atoms with Crippen molar-refractivity contribution in [2.24, 2.45) is 5.73 Å². The van der Waals surface area contributed by atoms with Gasteiger partial charge in [-0.15, -0.1) is 11.3 Å². The van der Waals surface area contributed by atoms with Crippen molar-refractivity contribution >= 4 is 28.8 Å². The van der Waals surface area contributed by atoms with E-state index in [2.05, 4.69) is 0 Å². The summed E-state index contributed by atoms with van der Waals surface area (Å²) >= 11 is 1.38. The van der Waals surface area contributed by atoms with E-state index >= 15 is 0 Å². The van der Waals surface area contributed by atoms with Gasteiger partial charge in [0.05, 0.1) is 12.2 Å². The summed E-state index contributed by atoms with van der Waals surface area (Å²) in [6, 6.07) is 18.9. The molecule has 5 nitrogen and oxygen atoms in total. The summed E-state index contributed by atoms with van der Waals surface area (Å²) in [7, 11) is 0. The molecule has 0 fully saturated rings. The zero-order chi connectivity index (χ0) is 18.1. The number of hydrogen-bond acceptors (Lipinski definition) is 4. The Morgan fingerprint density at radius 3 is 2.54 bits per heavy atom. The van der Waals surface area contributed by atoms with Crippen molar-refractivity contribution in [3.63, 3.8) is 0 Å². The quantitative estimate of drug-likeness (QED) is 0.775. The smallest absolute Gasteiger partial charge is 0.269 e. The number of carbonyl (C=O) groups is 2. The first-order valence-electron chi connectivity index (χ1n) is 8.15. The fourth-order valence-electron chi connectivity index (χ4n) is 3.02. The first kappa shape index (κ1) is 16.4. The second-order valence-electron chi connectivity index (χ2n) is 5.92. The third kappa shape index (κ3) is 2.84. The second kappa shape index (κ2) is 6.65. The molecule has 1 aliphatic rings. The molecule has 4 rings (SSSR count). The van der Waals surface area contributed by atoms with Gasteiger partial charge in [-0.3, -0.25) is 14.5 Å². The molecule has 0 aliphatic carbocycles. The van der Waals surface area contributed by atoms with Crippen LogP contribution in [0.2, 0.25) is 0 Å². The number of fused-ring (bicyclic) bond motifs is 1. The number of nitrogens with two attached hydrogens (primary N) is 1. The van der Waals surface area contributed by atoms with E-state index in [4.69, 9.17) is 10.5 Å². The van der Waals surface area contributed by atoms with Gasteiger partial charge in [-0.2, -0.15) is 0 Å². The molecule has 0 bridgehead atoms. The summed E-state index contributed by atoms with van der Waals surface area (Å²) in [4.78, 5) is 27.2. The number of anilines is 1. The van der Waals surface area contributed by atoms with E-state index in [9.17, 15) is 9.59 Å². The van der Waals surface area contributed by atoms with Crippen LogP contribution in [0.4, 0.5) is 5.69 Å². The molecule has 26 heavy (non-hydrogen) atoms. The minimum Gasteiger partial charge on any atom is -0.477 e. The average molecular weight is 364 g/mol. The Morgan fingerprint density at radius 2 is 1.77 bits per heavy atom. The highest BCUT2D eigenvalue weighted by atomic mass is 32.1. The van der Waals surface area contributed by atoms with Crippen molar-refractivity contribution < 1.29 is 14.3 Å². The Hall–Kier alpha value is -3.12. The molecule has 0 saturated heterocycles. The molecular weight excluding hydrogens is 348 g/mol. The molecule has 2 aromatic carbocycles. The number of benzene rings is 2. The molecule has 0 spiro atoms. The summed E-state index contributed by atoms with van der Waals surface area (Å²) < 4.78 is 5.64. The van der Waals surface area contributed by atoms with Crippen molar-refractivity contribution in [2.75, 3.05) is 11.4 Å². The standard InChI is InChI=1S/C20H16N2O3S/c21-19(23)17-12-22(15-8-4-5-9-16(15)25-17)20(24)18-14(10-11-26-18)13-6-2-1-3-7-13/h1-11,17H,12H2,(H2,21,23). The van der Waals surface area contributed by atoms with Crippen molar-refractivity contribution in [1.82, 2.24) is 0 Å². The van der Waals surface area contributed by atoms with Crippen LogP contribution in [0.15, 0.2) is 66.0 Å². The van der Waals surface area contributed by atoms with Crippen molar-refractivity contribution in [2.45, 2.75) is 6.10 Å². The highest BCUT2D eigenvalue weighted by Gasteiger charge is 2.34. The topological polar surface area (TPSA) is 72.6 Å². The zero-order valence-corrected chi connectivity index (χ0v) is 14.6. The number of thiophene rings is 1. The summed E-state index contributed by atoms with van der Waals surface area (Å²) in [5.41, 5.74) is 7.92. The number of primary amides is 1. The summed E-state index contributed by atoms with van der Waals surface area (Å²) in [6.45, 7) is 0.0946. The molecule has 0 radical (unpaired) electrons. The van der Waals surface area contributed by atoms with Crippen LogP contribution >= 0.6 is 11.3 Å². The van der Waals surface area contributed by atoms with Gasteiger partial charge in [0.15, 0.2) is 6.10 Å². The predicted octanol–water partition coefficient (Wildman–Crippen LogP) is 3.31. The molecule has 2 heterocycles. The van der Waals surface area contributed by atoms with Crippen LogP contribution in [0, 0.1) is 0 Å². The van der Waals surface area contributed by atoms with Gasteiger partial charge in [0, 0.05) is 5.56 Å². The number of amides is 2. The van der Waals surface area contributed by atoms with Crippen LogP contribution in [0.1, 0.15) is 9.67 Å². The van der Waals surface area contributed by atoms with Gasteiger partial charge < -0.3 is 10.5 Å². The lowest BCUT2D eigenvalue weighted by atomic mass is 10.1. The van der Waals surface area contributed by atoms with Crippen LogP contribution < -0.4 is 15.4 Å². The molecule has 6 heteroatoms. The molecule has 1 aromatic heterocycles. The van der Waals surface area contributed by atoms with Crippen LogP contribution in [0.25, 0.3) is 11.1 Å². The van der Waals surface area contributed by atoms with Gasteiger partial charge in [0.25, 0.3) is 11.8 Å². The Kier molecular flexibility index (Phi) is 4.18. The average Bonchev–Trinajstić information content (AvgIpc) is 3.17. The molecule has 1 atom stereocenters. The fraction of sp³-hybridized carbons (Fsp3) is 0.100. The first-order chi connectivity index (χ1) is 12.6. The maximum atomic E-state index is 13.3. The van der Waals surface area contributed by atoms with Crippen LogP contribution in [0.5, 0.6) is 5.75 Å². The van der Waals surface area contributed by atoms with Gasteiger partial charge in [-0.25, -0.2) is 0 Å². The van der Waals surface area contributed by atoms with Crippen LogP contribution in [-0.2, 0) is 4.79 Å². The van der Waals surface area contributed by atoms with Crippen molar-refractivity contribution in [3.8, 4) is 16.9 Å². The number of rotatable bonds is 3. The lowest BCUT2D eigenvalue weighted by Crippen LogP contribution is -2.49. The third-order valence-electron chi connectivity index (χ3n) is 4.28. The van der Waals surface area contributed by atoms with E-state index in [0.717, 1.165) is 11.1 Å². The lowest BCUT2D eigenvalue weighted by molar-refractivity contribution is -0.124. The molecule has 2 N–H and O–H groups in total. The van der Waals surface area contributed by atoms with Gasteiger partial charge in [0.1, 0.15) is 10.6 Å². The molecule has 3 aromatic rings. The molecule has 1 unspecified atom stereocenters. The summed E-state index contributed by atoms with van der Waals surface area (Å²) in [5.74, 6) is -0.277. The van der Waals surface area contributed by atoms with Crippen LogP contribution in [-0.4, -0.2) is 24.5 Å². The number of carbonyl (C=O) groups excluding carboxylic acids is 2. The molecule has 2 amide bonds. The lowest BCUT2D eigenvalue weighted by Gasteiger charge is -2.33. The number of para-hydroxylation sites is 2. The highest BCUT2D eigenvalue weighted by Crippen LogP contribution is 2.36. The maximum Gasteiger partial charge on any atom is 0.269 e. The van der Waals surface area contributed by atoms with E-state index < -0.39 is 12.0 Å². The monoisotopic (exact) mass is 364 g/mol. The van der Waals surface area contributed by atoms with Crippen LogP contribution in [0.3, 0.4) is 0 Å². The fourth-order valence-corrected chi connectivity index (χ4v) is 3.88. The van der Waals surface area contributed by atoms with E-state index in [-0.39, 0.29) is 12.5 Å². The molecule has 0 saturated carbocycles. The van der Waals surface area contributed by atoms with E-state index in [1.165, 1.54) is 11.3 Å². The SMILES string of the molecule is NC(=O)C1CN(C(=O)c2sccc2-c2ccccc2)c2ccccc2O1. The third-order valence-corrected chi connectivity index (χ3v) is 5.18. The van der Waals surface area contributed by atoms with E-state index in [0.29, 0.717) is 16.3 Å². The number of hydrogen-bond donors (Lipinski definition) is 1. The largest absolute Gasteiger partial charge is 0.477 e. The number of ether oxygens (including phenoxy) is 1. The molecule has 130 valence electrons. The Balaban J connectivity index is 1.75. The van der Waals surface area contributed by atoms with Gasteiger partial charge in [-0.1, -0.05) is 42.5 Å². The molecular formula is C20H16N2O3S. The highest BCUT2D eigenvalue weighted by molar-refractivity contribution is 7.12. The number of nitrogens with zero attached hydrogens (tertiary/aromatic N) is 1. The maximum absolute atomic E-state index is 13.3. The Labute approximate surface area is 154 Å². The van der Waals surface area contributed by atoms with E-state index in [1.54, 1.807) is 23.1 Å². The van der Waals surface area contributed by atoms with Gasteiger partial charge in [-0.05, 0) is 29.1 Å². The Bertz CT molecular complexity index is 968. The Morgan fingerprint density at radius 1 is 1.04 bits per heavy atom. The van der Waals surface area contributed by atoms with Gasteiger partial charge in [0.2, 0.25) is 0 Å². The minimum absolute atomic E-state index is 0.0946. The van der Waals surface area contributed by atoms with Gasteiger partial charge >= 0.3 is 0 Å². The summed E-state index contributed by atoms with van der Waals surface area (Å²) in [5, 5.41) is 1.90. The summed E-state index contributed by atoms with van der Waals surface area (Å²) in [6.07, 6.45) is -0.867. The zero-order valence-electron chi connectivity index (χ0n) is 13.8. The second-order valence-corrected chi connectivity index (χ2v) is 6.84. The normalized spacial score (nSPS) is 15.8. The molecule has 1 aliphatic heterocycles. The first-order valence-corrected chi connectivity index (χ1v) is 9.03. The van der Waals surface area contributed by atoms with E-state index in [1.807, 2.05) is 47.8 Å². The van der Waals surface area contributed by atoms with Crippen molar-refractivity contribution in [3.05, 3.63) is 70.9 Å². The minimum atomic E-state index is -0.867.